The Labute approximate surface area is 126 Å². The standard InChI is InChI=1S/C15H23N3O2S/c1-18-14-7-8-15(18)10-13(9-14)16-11-3-5-12(6-4-11)17-21(2,19)20/h3-6,13-17H,7-10H2,1-2H3. The Kier molecular flexibility index (Phi) is 3.84. The van der Waals surface area contributed by atoms with Gasteiger partial charge >= 0.3 is 0 Å². The van der Waals surface area contributed by atoms with Crippen molar-refractivity contribution in [1.29, 1.82) is 0 Å². The molecule has 2 fully saturated rings. The molecule has 0 radical (unpaired) electrons. The van der Waals surface area contributed by atoms with Crippen molar-refractivity contribution >= 4 is 21.4 Å². The molecule has 0 spiro atoms. The predicted octanol–water partition coefficient (Wildman–Crippen LogP) is 2.10. The van der Waals surface area contributed by atoms with Gasteiger partial charge in [0.05, 0.1) is 6.26 Å². The normalized spacial score (nSPS) is 29.3. The number of fused-ring (bicyclic) bond motifs is 2. The van der Waals surface area contributed by atoms with Crippen molar-refractivity contribution in [3.63, 3.8) is 0 Å². The third-order valence-electron chi connectivity index (χ3n) is 4.66. The Hall–Kier alpha value is -1.27. The third kappa shape index (κ3) is 3.49. The van der Waals surface area contributed by atoms with E-state index >= 15 is 0 Å². The van der Waals surface area contributed by atoms with Crippen molar-refractivity contribution in [1.82, 2.24) is 4.90 Å². The molecule has 0 aliphatic carbocycles. The number of nitrogens with one attached hydrogen (secondary N) is 2. The van der Waals surface area contributed by atoms with E-state index in [0.717, 1.165) is 11.9 Å². The SMILES string of the molecule is CN1C2CCC1CC(Nc1ccc(NS(C)(=O)=O)cc1)C2. The molecule has 5 nitrogen and oxygen atoms in total. The minimum atomic E-state index is -3.21. The molecule has 2 unspecified atom stereocenters. The van der Waals surface area contributed by atoms with Crippen molar-refractivity contribution in [2.24, 2.45) is 0 Å². The maximum atomic E-state index is 11.2. The van der Waals surface area contributed by atoms with Crippen LogP contribution in [0.3, 0.4) is 0 Å². The first kappa shape index (κ1) is 14.7. The lowest BCUT2D eigenvalue weighted by atomic mass is 9.98. The molecule has 2 heterocycles. The van der Waals surface area contributed by atoms with E-state index in [0.29, 0.717) is 23.8 Å². The fourth-order valence-electron chi connectivity index (χ4n) is 3.61. The van der Waals surface area contributed by atoms with Crippen LogP contribution in [0.4, 0.5) is 11.4 Å². The van der Waals surface area contributed by atoms with Crippen LogP contribution in [-0.2, 0) is 10.0 Å². The van der Waals surface area contributed by atoms with Gasteiger partial charge < -0.3 is 10.2 Å². The number of piperidine rings is 1. The first-order valence-corrected chi connectivity index (χ1v) is 9.36. The zero-order chi connectivity index (χ0) is 15.0. The Bertz CT molecular complexity index is 586. The Morgan fingerprint density at radius 2 is 1.57 bits per heavy atom. The molecule has 21 heavy (non-hydrogen) atoms. The molecule has 1 aromatic rings. The third-order valence-corrected chi connectivity index (χ3v) is 5.26. The van der Waals surface area contributed by atoms with Gasteiger partial charge in [-0.15, -0.1) is 0 Å². The van der Waals surface area contributed by atoms with Crippen molar-refractivity contribution in [2.45, 2.75) is 43.8 Å². The van der Waals surface area contributed by atoms with E-state index in [1.807, 2.05) is 12.1 Å². The van der Waals surface area contributed by atoms with E-state index in [9.17, 15) is 8.42 Å². The predicted molar refractivity (Wildman–Crippen MR) is 86.1 cm³/mol. The molecule has 3 rings (SSSR count). The first-order valence-electron chi connectivity index (χ1n) is 7.47. The lowest BCUT2D eigenvalue weighted by Crippen LogP contribution is -2.44. The van der Waals surface area contributed by atoms with Crippen molar-refractivity contribution in [2.75, 3.05) is 23.3 Å². The molecule has 0 aromatic heterocycles. The highest BCUT2D eigenvalue weighted by Gasteiger charge is 2.38. The number of rotatable bonds is 4. The number of benzene rings is 1. The monoisotopic (exact) mass is 309 g/mol. The molecule has 0 amide bonds. The summed E-state index contributed by atoms with van der Waals surface area (Å²) >= 11 is 0. The van der Waals surface area contributed by atoms with Gasteiger partial charge in [0.2, 0.25) is 10.0 Å². The lowest BCUT2D eigenvalue weighted by molar-refractivity contribution is 0.169. The van der Waals surface area contributed by atoms with Crippen LogP contribution in [0.15, 0.2) is 24.3 Å². The maximum Gasteiger partial charge on any atom is 0.229 e. The summed E-state index contributed by atoms with van der Waals surface area (Å²) in [5.74, 6) is 0. The average Bonchev–Trinajstić information content (AvgIpc) is 2.62. The first-order chi connectivity index (χ1) is 9.90. The molecule has 2 aliphatic rings. The molecule has 2 saturated heterocycles. The summed E-state index contributed by atoms with van der Waals surface area (Å²) in [6, 6.07) is 9.42. The van der Waals surface area contributed by atoms with Crippen LogP contribution in [0.1, 0.15) is 25.7 Å². The van der Waals surface area contributed by atoms with Crippen LogP contribution in [0.2, 0.25) is 0 Å². The molecule has 2 atom stereocenters. The molecular weight excluding hydrogens is 286 g/mol. The number of anilines is 2. The highest BCUT2D eigenvalue weighted by molar-refractivity contribution is 7.92. The van der Waals surface area contributed by atoms with Gasteiger partial charge in [-0.2, -0.15) is 0 Å². The minimum Gasteiger partial charge on any atom is -0.382 e. The van der Waals surface area contributed by atoms with Gasteiger partial charge in [0.1, 0.15) is 0 Å². The molecule has 0 saturated carbocycles. The van der Waals surface area contributed by atoms with Crippen LogP contribution < -0.4 is 10.0 Å². The molecule has 2 N–H and O–H groups in total. The smallest absolute Gasteiger partial charge is 0.229 e. The number of nitrogens with zero attached hydrogens (tertiary/aromatic N) is 1. The van der Waals surface area contributed by atoms with Crippen LogP contribution >= 0.6 is 0 Å². The van der Waals surface area contributed by atoms with Gasteiger partial charge in [0.15, 0.2) is 0 Å². The van der Waals surface area contributed by atoms with Crippen molar-refractivity contribution in [3.05, 3.63) is 24.3 Å². The average molecular weight is 309 g/mol. The van der Waals surface area contributed by atoms with E-state index in [1.165, 1.54) is 25.7 Å². The quantitative estimate of drug-likeness (QED) is 0.894. The number of hydrogen-bond acceptors (Lipinski definition) is 4. The molecule has 1 aromatic carbocycles. The van der Waals surface area contributed by atoms with Crippen LogP contribution in [0.5, 0.6) is 0 Å². The largest absolute Gasteiger partial charge is 0.382 e. The summed E-state index contributed by atoms with van der Waals surface area (Å²) < 4.78 is 24.8. The fraction of sp³-hybridized carbons (Fsp3) is 0.600. The Morgan fingerprint density at radius 1 is 1.05 bits per heavy atom. The van der Waals surface area contributed by atoms with Crippen LogP contribution in [0.25, 0.3) is 0 Å². The fourth-order valence-corrected chi connectivity index (χ4v) is 4.18. The van der Waals surface area contributed by atoms with Gasteiger partial charge in [-0.25, -0.2) is 8.42 Å². The summed E-state index contributed by atoms with van der Waals surface area (Å²) in [6.07, 6.45) is 6.17. The van der Waals surface area contributed by atoms with E-state index < -0.39 is 10.0 Å². The summed E-state index contributed by atoms with van der Waals surface area (Å²) in [5.41, 5.74) is 1.66. The van der Waals surface area contributed by atoms with E-state index in [1.54, 1.807) is 12.1 Å². The molecule has 116 valence electrons. The van der Waals surface area contributed by atoms with E-state index in [2.05, 4.69) is 22.0 Å². The summed E-state index contributed by atoms with van der Waals surface area (Å²) in [4.78, 5) is 2.53. The van der Waals surface area contributed by atoms with E-state index in [-0.39, 0.29) is 0 Å². The Balaban J connectivity index is 1.61. The number of hydrogen-bond donors (Lipinski definition) is 2. The zero-order valence-electron chi connectivity index (χ0n) is 12.5. The lowest BCUT2D eigenvalue weighted by Gasteiger charge is -2.37. The second-order valence-corrected chi connectivity index (χ2v) is 8.06. The summed E-state index contributed by atoms with van der Waals surface area (Å²) in [6.45, 7) is 0. The maximum absolute atomic E-state index is 11.2. The van der Waals surface area contributed by atoms with Gasteiger partial charge in [0, 0.05) is 29.5 Å². The van der Waals surface area contributed by atoms with Gasteiger partial charge in [-0.1, -0.05) is 0 Å². The van der Waals surface area contributed by atoms with Crippen LogP contribution in [0, 0.1) is 0 Å². The van der Waals surface area contributed by atoms with Crippen molar-refractivity contribution < 1.29 is 8.42 Å². The second-order valence-electron chi connectivity index (χ2n) is 6.31. The Morgan fingerprint density at radius 3 is 2.10 bits per heavy atom. The highest BCUT2D eigenvalue weighted by atomic mass is 32.2. The van der Waals surface area contributed by atoms with Crippen LogP contribution in [-0.4, -0.2) is 44.7 Å². The zero-order valence-corrected chi connectivity index (χ0v) is 13.4. The van der Waals surface area contributed by atoms with Gasteiger partial charge in [0.25, 0.3) is 0 Å². The van der Waals surface area contributed by atoms with E-state index in [4.69, 9.17) is 0 Å². The molecule has 2 aliphatic heterocycles. The second kappa shape index (κ2) is 5.50. The molecule has 2 bridgehead atoms. The number of sulfonamides is 1. The summed E-state index contributed by atoms with van der Waals surface area (Å²) in [7, 11) is -0.965. The minimum absolute atomic E-state index is 0.521. The summed E-state index contributed by atoms with van der Waals surface area (Å²) in [5, 5.41) is 3.59. The van der Waals surface area contributed by atoms with Gasteiger partial charge in [-0.05, 0) is 57.0 Å². The molecular formula is C15H23N3O2S. The van der Waals surface area contributed by atoms with Crippen molar-refractivity contribution in [3.8, 4) is 0 Å². The highest BCUT2D eigenvalue weighted by Crippen LogP contribution is 2.35. The molecule has 6 heteroatoms. The van der Waals surface area contributed by atoms with Gasteiger partial charge in [-0.3, -0.25) is 4.72 Å². The topological polar surface area (TPSA) is 61.4 Å².